The molecule has 1 aliphatic rings. The zero-order valence-corrected chi connectivity index (χ0v) is 17.3. The minimum atomic E-state index is -0.511. The number of hydrogen-bond donors (Lipinski definition) is 1. The molecule has 0 saturated heterocycles. The van der Waals surface area contributed by atoms with Gasteiger partial charge in [0, 0.05) is 18.8 Å². The molecule has 1 fully saturated rings. The predicted molar refractivity (Wildman–Crippen MR) is 110 cm³/mol. The van der Waals surface area contributed by atoms with Crippen LogP contribution in [0.15, 0.2) is 24.3 Å². The molecule has 0 spiro atoms. The Labute approximate surface area is 170 Å². The maximum atomic E-state index is 12.2. The van der Waals surface area contributed by atoms with E-state index in [0.717, 1.165) is 12.8 Å². The van der Waals surface area contributed by atoms with Crippen LogP contribution in [0.2, 0.25) is 0 Å². The van der Waals surface area contributed by atoms with E-state index in [-0.39, 0.29) is 24.0 Å². The summed E-state index contributed by atoms with van der Waals surface area (Å²) in [5.41, 5.74) is 0.590. The number of nitrogens with zero attached hydrogens (tertiary/aromatic N) is 1. The zero-order chi connectivity index (χ0) is 20.4. The number of nitrogens with one attached hydrogen (secondary N) is 1. The maximum Gasteiger partial charge on any atom is 0.316 e. The molecule has 8 heteroatoms. The molecular weight excluding hydrogens is 380 g/mol. The molecule has 7 nitrogen and oxygen atoms in total. The number of amides is 2. The SMILES string of the molecule is COc1ccc(NC(=O)COC(=O)CSCC(=O)N(C)C2CCCCC2)cc1. The summed E-state index contributed by atoms with van der Waals surface area (Å²) < 4.78 is 10.0. The van der Waals surface area contributed by atoms with Crippen molar-refractivity contribution in [1.82, 2.24) is 4.90 Å². The fraction of sp³-hybridized carbons (Fsp3) is 0.550. The van der Waals surface area contributed by atoms with Gasteiger partial charge in [0.1, 0.15) is 5.75 Å². The number of hydrogen-bond acceptors (Lipinski definition) is 6. The Morgan fingerprint density at radius 3 is 2.43 bits per heavy atom. The molecule has 2 rings (SSSR count). The standard InChI is InChI=1S/C20H28N2O5S/c1-22(16-6-4-3-5-7-16)19(24)13-28-14-20(25)27-12-18(23)21-15-8-10-17(26-2)11-9-15/h8-11,16H,3-7,12-14H2,1-2H3,(H,21,23). The second kappa shape index (κ2) is 11.6. The molecule has 0 atom stereocenters. The summed E-state index contributed by atoms with van der Waals surface area (Å²) in [6.07, 6.45) is 5.68. The second-order valence-corrected chi connectivity index (χ2v) is 7.71. The molecule has 1 aliphatic carbocycles. The van der Waals surface area contributed by atoms with Crippen molar-refractivity contribution in [2.24, 2.45) is 0 Å². The highest BCUT2D eigenvalue weighted by Gasteiger charge is 2.22. The third-order valence-electron chi connectivity index (χ3n) is 4.70. The van der Waals surface area contributed by atoms with Gasteiger partial charge in [0.15, 0.2) is 6.61 Å². The van der Waals surface area contributed by atoms with Gasteiger partial charge < -0.3 is 19.7 Å². The minimum absolute atomic E-state index is 0.0296. The Kier molecular flexibility index (Phi) is 9.13. The normalized spacial score (nSPS) is 14.2. The summed E-state index contributed by atoms with van der Waals surface area (Å²) >= 11 is 1.21. The second-order valence-electron chi connectivity index (χ2n) is 6.73. The van der Waals surface area contributed by atoms with Crippen LogP contribution in [0.3, 0.4) is 0 Å². The molecule has 1 saturated carbocycles. The predicted octanol–water partition coefficient (Wildman–Crippen LogP) is 2.70. The van der Waals surface area contributed by atoms with Crippen molar-refractivity contribution in [3.05, 3.63) is 24.3 Å². The van der Waals surface area contributed by atoms with Crippen molar-refractivity contribution in [2.45, 2.75) is 38.1 Å². The van der Waals surface area contributed by atoms with Gasteiger partial charge in [-0.25, -0.2) is 0 Å². The monoisotopic (exact) mass is 408 g/mol. The van der Waals surface area contributed by atoms with Crippen LogP contribution in [0.1, 0.15) is 32.1 Å². The van der Waals surface area contributed by atoms with Gasteiger partial charge in [-0.15, -0.1) is 11.8 Å². The van der Waals surface area contributed by atoms with Gasteiger partial charge >= 0.3 is 5.97 Å². The highest BCUT2D eigenvalue weighted by molar-refractivity contribution is 8.00. The van der Waals surface area contributed by atoms with Gasteiger partial charge in [0.25, 0.3) is 5.91 Å². The van der Waals surface area contributed by atoms with E-state index < -0.39 is 11.9 Å². The number of carbonyl (C=O) groups is 3. The highest BCUT2D eigenvalue weighted by Crippen LogP contribution is 2.22. The van der Waals surface area contributed by atoms with Crippen LogP contribution >= 0.6 is 11.8 Å². The van der Waals surface area contributed by atoms with E-state index in [2.05, 4.69) is 5.32 Å². The summed E-state index contributed by atoms with van der Waals surface area (Å²) in [4.78, 5) is 37.6. The average Bonchev–Trinajstić information content (AvgIpc) is 2.72. The molecule has 0 radical (unpaired) electrons. The Morgan fingerprint density at radius 2 is 1.79 bits per heavy atom. The van der Waals surface area contributed by atoms with E-state index >= 15 is 0 Å². The Bertz CT molecular complexity index is 659. The van der Waals surface area contributed by atoms with Gasteiger partial charge in [-0.05, 0) is 37.1 Å². The number of methoxy groups -OCH3 is 1. The molecule has 154 valence electrons. The molecule has 1 aromatic rings. The first kappa shape index (κ1) is 22.1. The fourth-order valence-electron chi connectivity index (χ4n) is 3.05. The van der Waals surface area contributed by atoms with Crippen LogP contribution < -0.4 is 10.1 Å². The lowest BCUT2D eigenvalue weighted by Gasteiger charge is -2.31. The summed E-state index contributed by atoms with van der Waals surface area (Å²) in [6, 6.07) is 7.15. The quantitative estimate of drug-likeness (QED) is 0.633. The topological polar surface area (TPSA) is 84.9 Å². The third kappa shape index (κ3) is 7.42. The van der Waals surface area contributed by atoms with Crippen molar-refractivity contribution < 1.29 is 23.9 Å². The van der Waals surface area contributed by atoms with E-state index in [1.54, 1.807) is 36.3 Å². The first-order valence-electron chi connectivity index (χ1n) is 9.42. The number of carbonyl (C=O) groups excluding carboxylic acids is 3. The van der Waals surface area contributed by atoms with Crippen molar-refractivity contribution in [1.29, 1.82) is 0 Å². The third-order valence-corrected chi connectivity index (χ3v) is 5.59. The van der Waals surface area contributed by atoms with Crippen LogP contribution in [0.4, 0.5) is 5.69 Å². The van der Waals surface area contributed by atoms with Crippen molar-refractivity contribution in [2.75, 3.05) is 37.6 Å². The minimum Gasteiger partial charge on any atom is -0.497 e. The zero-order valence-electron chi connectivity index (χ0n) is 16.4. The van der Waals surface area contributed by atoms with Crippen molar-refractivity contribution in [3.8, 4) is 5.75 Å². The Balaban J connectivity index is 1.61. The molecule has 28 heavy (non-hydrogen) atoms. The van der Waals surface area contributed by atoms with E-state index in [1.165, 1.54) is 31.0 Å². The Hall–Kier alpha value is -2.22. The van der Waals surface area contributed by atoms with E-state index in [4.69, 9.17) is 9.47 Å². The first-order valence-corrected chi connectivity index (χ1v) is 10.6. The lowest BCUT2D eigenvalue weighted by Crippen LogP contribution is -2.39. The smallest absolute Gasteiger partial charge is 0.316 e. The molecular formula is C20H28N2O5S. The number of anilines is 1. The van der Waals surface area contributed by atoms with Crippen LogP contribution in [-0.2, 0) is 19.1 Å². The van der Waals surface area contributed by atoms with Gasteiger partial charge in [0.2, 0.25) is 5.91 Å². The molecule has 0 unspecified atom stereocenters. The van der Waals surface area contributed by atoms with Gasteiger partial charge in [-0.1, -0.05) is 19.3 Å². The van der Waals surface area contributed by atoms with E-state index in [1.807, 2.05) is 7.05 Å². The molecule has 0 heterocycles. The summed E-state index contributed by atoms with van der Waals surface area (Å²) in [5.74, 6) is 0.0620. The van der Waals surface area contributed by atoms with Crippen molar-refractivity contribution in [3.63, 3.8) is 0 Å². The lowest BCUT2D eigenvalue weighted by atomic mass is 9.94. The summed E-state index contributed by atoms with van der Waals surface area (Å²) in [5, 5.41) is 2.63. The molecule has 2 amide bonds. The summed E-state index contributed by atoms with van der Waals surface area (Å²) in [6.45, 7) is -0.360. The van der Waals surface area contributed by atoms with Crippen LogP contribution in [0, 0.1) is 0 Å². The number of thioether (sulfide) groups is 1. The molecule has 0 bridgehead atoms. The lowest BCUT2D eigenvalue weighted by molar-refractivity contribution is -0.144. The van der Waals surface area contributed by atoms with Gasteiger partial charge in [0.05, 0.1) is 18.6 Å². The molecule has 0 aliphatic heterocycles. The highest BCUT2D eigenvalue weighted by atomic mass is 32.2. The average molecular weight is 409 g/mol. The molecule has 1 aromatic carbocycles. The van der Waals surface area contributed by atoms with E-state index in [9.17, 15) is 14.4 Å². The van der Waals surface area contributed by atoms with Crippen molar-refractivity contribution >= 4 is 35.2 Å². The summed E-state index contributed by atoms with van der Waals surface area (Å²) in [7, 11) is 3.40. The number of rotatable bonds is 9. The largest absolute Gasteiger partial charge is 0.497 e. The number of esters is 1. The Morgan fingerprint density at radius 1 is 1.11 bits per heavy atom. The maximum absolute atomic E-state index is 12.2. The van der Waals surface area contributed by atoms with Crippen LogP contribution in [0.5, 0.6) is 5.75 Å². The molecule has 0 aromatic heterocycles. The fourth-order valence-corrected chi connectivity index (χ4v) is 3.78. The van der Waals surface area contributed by atoms with Crippen LogP contribution in [-0.4, -0.2) is 61.0 Å². The number of benzene rings is 1. The first-order chi connectivity index (χ1) is 13.5. The van der Waals surface area contributed by atoms with Gasteiger partial charge in [-0.3, -0.25) is 14.4 Å². The van der Waals surface area contributed by atoms with Gasteiger partial charge in [-0.2, -0.15) is 0 Å². The van der Waals surface area contributed by atoms with E-state index in [0.29, 0.717) is 17.5 Å². The van der Waals surface area contributed by atoms with Crippen LogP contribution in [0.25, 0.3) is 0 Å². The number of ether oxygens (including phenoxy) is 2. The molecule has 1 N–H and O–H groups in total.